The zero-order valence-electron chi connectivity index (χ0n) is 9.31. The molecule has 0 aliphatic rings. The van der Waals surface area contributed by atoms with E-state index in [1.54, 1.807) is 18.7 Å². The fourth-order valence-electron chi connectivity index (χ4n) is 1.41. The molecule has 2 rings (SSSR count). The molecule has 0 spiro atoms. The minimum atomic E-state index is 0.0827. The summed E-state index contributed by atoms with van der Waals surface area (Å²) < 4.78 is 0. The van der Waals surface area contributed by atoms with Gasteiger partial charge in [-0.05, 0) is 31.2 Å². The van der Waals surface area contributed by atoms with Crippen LogP contribution in [0.4, 0.5) is 0 Å². The standard InChI is InChI=1S/C14H11ClOS/c1-10(16)11-6-8-12(9-7-11)17-14-5-3-2-4-13(14)15/h2-9H,1H3. The van der Waals surface area contributed by atoms with Gasteiger partial charge in [0.25, 0.3) is 0 Å². The summed E-state index contributed by atoms with van der Waals surface area (Å²) >= 11 is 7.67. The van der Waals surface area contributed by atoms with E-state index in [9.17, 15) is 4.79 Å². The van der Waals surface area contributed by atoms with Gasteiger partial charge < -0.3 is 0 Å². The number of rotatable bonds is 3. The molecule has 0 fully saturated rings. The summed E-state index contributed by atoms with van der Waals surface area (Å²) in [5.74, 6) is 0.0827. The smallest absolute Gasteiger partial charge is 0.159 e. The van der Waals surface area contributed by atoms with Gasteiger partial charge in [-0.2, -0.15) is 0 Å². The summed E-state index contributed by atoms with van der Waals surface area (Å²) in [6.45, 7) is 1.57. The van der Waals surface area contributed by atoms with Gasteiger partial charge in [0.1, 0.15) is 0 Å². The van der Waals surface area contributed by atoms with Crippen LogP contribution in [-0.2, 0) is 0 Å². The molecule has 1 nitrogen and oxygen atoms in total. The number of halogens is 1. The second-order valence-corrected chi connectivity index (χ2v) is 5.14. The van der Waals surface area contributed by atoms with Gasteiger partial charge in [0.05, 0.1) is 5.02 Å². The van der Waals surface area contributed by atoms with Crippen LogP contribution in [0.3, 0.4) is 0 Å². The van der Waals surface area contributed by atoms with Gasteiger partial charge in [0.2, 0.25) is 0 Å². The quantitative estimate of drug-likeness (QED) is 0.746. The largest absolute Gasteiger partial charge is 0.295 e. The van der Waals surface area contributed by atoms with Crippen LogP contribution in [0, 0.1) is 0 Å². The molecule has 2 aromatic rings. The average molecular weight is 263 g/mol. The first-order valence-corrected chi connectivity index (χ1v) is 6.39. The van der Waals surface area contributed by atoms with E-state index in [0.717, 1.165) is 20.4 Å². The number of carbonyl (C=O) groups is 1. The van der Waals surface area contributed by atoms with E-state index in [1.165, 1.54) is 0 Å². The van der Waals surface area contributed by atoms with Crippen molar-refractivity contribution >= 4 is 29.1 Å². The monoisotopic (exact) mass is 262 g/mol. The first-order chi connectivity index (χ1) is 8.16. The zero-order chi connectivity index (χ0) is 12.3. The molecule has 0 bridgehead atoms. The highest BCUT2D eigenvalue weighted by molar-refractivity contribution is 7.99. The SMILES string of the molecule is CC(=O)c1ccc(Sc2ccccc2Cl)cc1. The molecule has 0 aromatic heterocycles. The highest BCUT2D eigenvalue weighted by Crippen LogP contribution is 2.32. The van der Waals surface area contributed by atoms with Crippen LogP contribution in [0.2, 0.25) is 5.02 Å². The molecule has 2 aromatic carbocycles. The third kappa shape index (κ3) is 3.11. The van der Waals surface area contributed by atoms with Gasteiger partial charge in [-0.15, -0.1) is 0 Å². The molecule has 86 valence electrons. The Morgan fingerprint density at radius 3 is 2.29 bits per heavy atom. The van der Waals surface area contributed by atoms with E-state index >= 15 is 0 Å². The molecular formula is C14H11ClOS. The Kier molecular flexibility index (Phi) is 3.87. The van der Waals surface area contributed by atoms with Crippen molar-refractivity contribution in [2.45, 2.75) is 16.7 Å². The number of hydrogen-bond acceptors (Lipinski definition) is 2. The van der Waals surface area contributed by atoms with Crippen molar-refractivity contribution in [1.29, 1.82) is 0 Å². The summed E-state index contributed by atoms with van der Waals surface area (Å²) in [6.07, 6.45) is 0. The van der Waals surface area contributed by atoms with E-state index in [4.69, 9.17) is 11.6 Å². The van der Waals surface area contributed by atoms with Crippen LogP contribution in [0.25, 0.3) is 0 Å². The minimum absolute atomic E-state index is 0.0827. The normalized spacial score (nSPS) is 10.2. The van der Waals surface area contributed by atoms with Crippen LogP contribution < -0.4 is 0 Å². The Balaban J connectivity index is 2.20. The van der Waals surface area contributed by atoms with Crippen molar-refractivity contribution in [2.24, 2.45) is 0 Å². The molecule has 0 N–H and O–H groups in total. The molecule has 0 atom stereocenters. The number of benzene rings is 2. The Morgan fingerprint density at radius 1 is 1.06 bits per heavy atom. The summed E-state index contributed by atoms with van der Waals surface area (Å²) in [6, 6.07) is 15.3. The van der Waals surface area contributed by atoms with Gasteiger partial charge in [-0.3, -0.25) is 4.79 Å². The Labute approximate surface area is 110 Å². The minimum Gasteiger partial charge on any atom is -0.295 e. The first kappa shape index (κ1) is 12.2. The zero-order valence-corrected chi connectivity index (χ0v) is 10.9. The predicted molar refractivity (Wildman–Crippen MR) is 72.0 cm³/mol. The van der Waals surface area contributed by atoms with Crippen LogP contribution in [0.1, 0.15) is 17.3 Å². The molecule has 0 aliphatic carbocycles. The molecule has 0 aliphatic heterocycles. The maximum Gasteiger partial charge on any atom is 0.159 e. The Bertz CT molecular complexity index is 534. The molecule has 3 heteroatoms. The van der Waals surface area contributed by atoms with E-state index in [-0.39, 0.29) is 5.78 Å². The first-order valence-electron chi connectivity index (χ1n) is 5.20. The van der Waals surface area contributed by atoms with Crippen molar-refractivity contribution in [3.63, 3.8) is 0 Å². The van der Waals surface area contributed by atoms with Gasteiger partial charge in [0.15, 0.2) is 5.78 Å². The topological polar surface area (TPSA) is 17.1 Å². The van der Waals surface area contributed by atoms with Crippen molar-refractivity contribution in [3.8, 4) is 0 Å². The van der Waals surface area contributed by atoms with Crippen molar-refractivity contribution in [2.75, 3.05) is 0 Å². The van der Waals surface area contributed by atoms with Crippen LogP contribution in [0.5, 0.6) is 0 Å². The maximum absolute atomic E-state index is 11.1. The maximum atomic E-state index is 11.1. The van der Waals surface area contributed by atoms with Gasteiger partial charge in [-0.25, -0.2) is 0 Å². The van der Waals surface area contributed by atoms with Crippen LogP contribution >= 0.6 is 23.4 Å². The van der Waals surface area contributed by atoms with Crippen molar-refractivity contribution in [1.82, 2.24) is 0 Å². The summed E-state index contributed by atoms with van der Waals surface area (Å²) in [5.41, 5.74) is 0.730. The fraction of sp³-hybridized carbons (Fsp3) is 0.0714. The molecule has 0 saturated carbocycles. The number of hydrogen-bond donors (Lipinski definition) is 0. The van der Waals surface area contributed by atoms with Gasteiger partial charge in [0, 0.05) is 15.4 Å². The Morgan fingerprint density at radius 2 is 1.71 bits per heavy atom. The summed E-state index contributed by atoms with van der Waals surface area (Å²) in [4.78, 5) is 13.2. The van der Waals surface area contributed by atoms with Crippen LogP contribution in [0.15, 0.2) is 58.3 Å². The van der Waals surface area contributed by atoms with Gasteiger partial charge in [-0.1, -0.05) is 47.6 Å². The summed E-state index contributed by atoms with van der Waals surface area (Å²) in [5, 5.41) is 0.744. The lowest BCUT2D eigenvalue weighted by molar-refractivity contribution is 0.101. The van der Waals surface area contributed by atoms with Crippen molar-refractivity contribution < 1.29 is 4.79 Å². The highest BCUT2D eigenvalue weighted by atomic mass is 35.5. The van der Waals surface area contributed by atoms with E-state index in [2.05, 4.69) is 0 Å². The van der Waals surface area contributed by atoms with E-state index in [0.29, 0.717) is 0 Å². The van der Waals surface area contributed by atoms with E-state index < -0.39 is 0 Å². The predicted octanol–water partition coefficient (Wildman–Crippen LogP) is 4.69. The Hall–Kier alpha value is -1.25. The molecule has 17 heavy (non-hydrogen) atoms. The number of carbonyl (C=O) groups excluding carboxylic acids is 1. The summed E-state index contributed by atoms with van der Waals surface area (Å²) in [7, 11) is 0. The lowest BCUT2D eigenvalue weighted by atomic mass is 10.2. The lowest BCUT2D eigenvalue weighted by Crippen LogP contribution is -1.90. The fourth-order valence-corrected chi connectivity index (χ4v) is 2.50. The molecule has 0 amide bonds. The van der Waals surface area contributed by atoms with Crippen molar-refractivity contribution in [3.05, 3.63) is 59.1 Å². The van der Waals surface area contributed by atoms with Crippen LogP contribution in [-0.4, -0.2) is 5.78 Å². The molecular weight excluding hydrogens is 252 g/mol. The molecule has 0 heterocycles. The van der Waals surface area contributed by atoms with Gasteiger partial charge >= 0.3 is 0 Å². The second kappa shape index (κ2) is 5.39. The average Bonchev–Trinajstić information content (AvgIpc) is 2.33. The number of ketones is 1. The molecule has 0 unspecified atom stereocenters. The third-order valence-corrected chi connectivity index (χ3v) is 3.85. The molecule has 0 radical (unpaired) electrons. The third-order valence-electron chi connectivity index (χ3n) is 2.33. The number of Topliss-reactive ketones (excluding diaryl/α,β-unsaturated/α-hetero) is 1. The lowest BCUT2D eigenvalue weighted by Gasteiger charge is -2.04. The highest BCUT2D eigenvalue weighted by Gasteiger charge is 2.03. The van der Waals surface area contributed by atoms with E-state index in [1.807, 2.05) is 48.5 Å². The second-order valence-electron chi connectivity index (χ2n) is 3.61. The molecule has 0 saturated heterocycles.